The number of rotatable bonds is 8. The van der Waals surface area contributed by atoms with Crippen LogP contribution in [0.3, 0.4) is 0 Å². The first-order valence-corrected chi connectivity index (χ1v) is 11.3. The predicted molar refractivity (Wildman–Crippen MR) is 99.0 cm³/mol. The molecule has 1 amide bonds. The molecule has 146 valence electrons. The molecular formula is C17H19FN2O5S2. The summed E-state index contributed by atoms with van der Waals surface area (Å²) in [4.78, 5) is 12.0. The molecule has 0 bridgehead atoms. The van der Waals surface area contributed by atoms with E-state index < -0.39 is 25.7 Å². The Labute approximate surface area is 157 Å². The van der Waals surface area contributed by atoms with Crippen LogP contribution in [-0.2, 0) is 24.7 Å². The van der Waals surface area contributed by atoms with Gasteiger partial charge in [-0.3, -0.25) is 4.79 Å². The quantitative estimate of drug-likeness (QED) is 0.642. The summed E-state index contributed by atoms with van der Waals surface area (Å²) in [5, 5.41) is 2.57. The van der Waals surface area contributed by atoms with Crippen molar-refractivity contribution < 1.29 is 26.0 Å². The van der Waals surface area contributed by atoms with Crippen LogP contribution in [0.4, 0.5) is 10.1 Å². The van der Waals surface area contributed by atoms with Crippen molar-refractivity contribution in [2.75, 3.05) is 18.1 Å². The highest BCUT2D eigenvalue weighted by Gasteiger charge is 2.14. The molecule has 0 saturated heterocycles. The van der Waals surface area contributed by atoms with E-state index >= 15 is 0 Å². The zero-order chi connectivity index (χ0) is 20.1. The number of sulfone groups is 1. The number of hydrogen-bond acceptors (Lipinski definition) is 5. The molecule has 0 aliphatic rings. The van der Waals surface area contributed by atoms with Gasteiger partial charge in [0.2, 0.25) is 15.9 Å². The first kappa shape index (κ1) is 21.0. The van der Waals surface area contributed by atoms with Crippen molar-refractivity contribution in [2.45, 2.75) is 22.6 Å². The van der Waals surface area contributed by atoms with Gasteiger partial charge in [0.15, 0.2) is 9.84 Å². The lowest BCUT2D eigenvalue weighted by Crippen LogP contribution is -2.25. The summed E-state index contributed by atoms with van der Waals surface area (Å²) in [5.74, 6) is -0.910. The Morgan fingerprint density at radius 1 is 1.00 bits per heavy atom. The van der Waals surface area contributed by atoms with Crippen molar-refractivity contribution in [3.05, 3.63) is 54.3 Å². The van der Waals surface area contributed by atoms with Crippen molar-refractivity contribution in [1.29, 1.82) is 0 Å². The summed E-state index contributed by atoms with van der Waals surface area (Å²) >= 11 is 0. The van der Waals surface area contributed by atoms with Crippen LogP contribution in [0.2, 0.25) is 0 Å². The largest absolute Gasteiger partial charge is 0.326 e. The summed E-state index contributed by atoms with van der Waals surface area (Å²) in [6.07, 6.45) is 1.34. The molecule has 0 saturated carbocycles. The van der Waals surface area contributed by atoms with E-state index in [-0.39, 0.29) is 35.1 Å². The molecule has 0 fully saturated rings. The van der Waals surface area contributed by atoms with E-state index in [0.717, 1.165) is 30.5 Å². The summed E-state index contributed by atoms with van der Waals surface area (Å²) in [6, 6.07) is 10.3. The molecule has 0 unspecified atom stereocenters. The maximum absolute atomic E-state index is 12.8. The molecule has 2 aromatic rings. The maximum Gasteiger partial charge on any atom is 0.240 e. The third kappa shape index (κ3) is 6.42. The van der Waals surface area contributed by atoms with Crippen molar-refractivity contribution in [3.8, 4) is 0 Å². The minimum atomic E-state index is -3.77. The lowest BCUT2D eigenvalue weighted by Gasteiger charge is -2.08. The van der Waals surface area contributed by atoms with Crippen LogP contribution in [0.1, 0.15) is 12.8 Å². The van der Waals surface area contributed by atoms with E-state index in [1.54, 1.807) is 6.07 Å². The number of hydrogen-bond donors (Lipinski definition) is 2. The molecule has 2 rings (SSSR count). The van der Waals surface area contributed by atoms with E-state index in [9.17, 15) is 26.0 Å². The standard InChI is InChI=1S/C17H19FN2O5S2/c1-26(22,23)16-5-2-4-14(12-16)20-17(21)6-3-11-19-27(24,25)15-9-7-13(18)8-10-15/h2,4-5,7-10,12,19H,3,6,11H2,1H3,(H,20,21). The van der Waals surface area contributed by atoms with Gasteiger partial charge in [0.05, 0.1) is 9.79 Å². The number of anilines is 1. The van der Waals surface area contributed by atoms with Gasteiger partial charge in [0.25, 0.3) is 0 Å². The smallest absolute Gasteiger partial charge is 0.240 e. The number of benzene rings is 2. The predicted octanol–water partition coefficient (Wildman–Crippen LogP) is 1.93. The molecule has 0 aliphatic carbocycles. The molecule has 7 nitrogen and oxygen atoms in total. The third-order valence-corrected chi connectivity index (χ3v) is 6.13. The fraction of sp³-hybridized carbons (Fsp3) is 0.235. The Bertz CT molecular complexity index is 1020. The normalized spacial score (nSPS) is 11.9. The van der Waals surface area contributed by atoms with Gasteiger partial charge in [-0.15, -0.1) is 0 Å². The van der Waals surface area contributed by atoms with E-state index in [1.807, 2.05) is 0 Å². The van der Waals surface area contributed by atoms with Gasteiger partial charge in [0, 0.05) is 24.9 Å². The second-order valence-corrected chi connectivity index (χ2v) is 9.59. The molecule has 0 heterocycles. The number of nitrogens with one attached hydrogen (secondary N) is 2. The summed E-state index contributed by atoms with van der Waals surface area (Å²) in [6.45, 7) is 0.0243. The minimum Gasteiger partial charge on any atom is -0.326 e. The Balaban J connectivity index is 1.84. The number of carbonyl (C=O) groups is 1. The minimum absolute atomic E-state index is 0.0243. The number of carbonyl (C=O) groups excluding carboxylic acids is 1. The van der Waals surface area contributed by atoms with Gasteiger partial charge in [-0.2, -0.15) is 0 Å². The molecule has 10 heteroatoms. The highest BCUT2D eigenvalue weighted by Crippen LogP contribution is 2.15. The fourth-order valence-electron chi connectivity index (χ4n) is 2.18. The van der Waals surface area contributed by atoms with Gasteiger partial charge in [-0.1, -0.05) is 6.07 Å². The number of amides is 1. The van der Waals surface area contributed by atoms with Crippen LogP contribution < -0.4 is 10.0 Å². The van der Waals surface area contributed by atoms with Crippen LogP contribution >= 0.6 is 0 Å². The summed E-state index contributed by atoms with van der Waals surface area (Å²) in [7, 11) is -7.15. The zero-order valence-corrected chi connectivity index (χ0v) is 16.1. The van der Waals surface area contributed by atoms with E-state index in [4.69, 9.17) is 0 Å². The lowest BCUT2D eigenvalue weighted by atomic mass is 10.2. The third-order valence-electron chi connectivity index (χ3n) is 3.54. The molecule has 0 aliphatic heterocycles. The highest BCUT2D eigenvalue weighted by molar-refractivity contribution is 7.90. The Kier molecular flexibility index (Phi) is 6.68. The van der Waals surface area contributed by atoms with Crippen LogP contribution in [-0.4, -0.2) is 35.5 Å². The highest BCUT2D eigenvalue weighted by atomic mass is 32.2. The monoisotopic (exact) mass is 414 g/mol. The lowest BCUT2D eigenvalue weighted by molar-refractivity contribution is -0.116. The Morgan fingerprint density at radius 3 is 2.30 bits per heavy atom. The van der Waals surface area contributed by atoms with Crippen molar-refractivity contribution in [3.63, 3.8) is 0 Å². The first-order chi connectivity index (χ1) is 12.6. The average molecular weight is 414 g/mol. The first-order valence-electron chi connectivity index (χ1n) is 7.93. The molecule has 27 heavy (non-hydrogen) atoms. The van der Waals surface area contributed by atoms with Crippen LogP contribution in [0.5, 0.6) is 0 Å². The van der Waals surface area contributed by atoms with E-state index in [2.05, 4.69) is 10.0 Å². The van der Waals surface area contributed by atoms with Crippen molar-refractivity contribution in [2.24, 2.45) is 0 Å². The molecule has 2 aromatic carbocycles. The summed E-state index contributed by atoms with van der Waals surface area (Å²) < 4.78 is 62.2. The van der Waals surface area contributed by atoms with Crippen LogP contribution in [0.25, 0.3) is 0 Å². The topological polar surface area (TPSA) is 109 Å². The van der Waals surface area contributed by atoms with Crippen molar-refractivity contribution in [1.82, 2.24) is 4.72 Å². The van der Waals surface area contributed by atoms with Gasteiger partial charge in [-0.05, 0) is 48.9 Å². The van der Waals surface area contributed by atoms with Gasteiger partial charge >= 0.3 is 0 Å². The summed E-state index contributed by atoms with van der Waals surface area (Å²) in [5.41, 5.74) is 0.342. The van der Waals surface area contributed by atoms with Crippen LogP contribution in [0.15, 0.2) is 58.3 Å². The molecule has 0 spiro atoms. The van der Waals surface area contributed by atoms with Crippen LogP contribution in [0, 0.1) is 5.82 Å². The molecule has 0 atom stereocenters. The molecule has 0 radical (unpaired) electrons. The molecular weight excluding hydrogens is 395 g/mol. The molecule has 2 N–H and O–H groups in total. The number of halogens is 1. The number of sulfonamides is 1. The van der Waals surface area contributed by atoms with Gasteiger partial charge in [-0.25, -0.2) is 25.9 Å². The average Bonchev–Trinajstić information content (AvgIpc) is 2.59. The SMILES string of the molecule is CS(=O)(=O)c1cccc(NC(=O)CCCNS(=O)(=O)c2ccc(F)cc2)c1. The Morgan fingerprint density at radius 2 is 1.67 bits per heavy atom. The zero-order valence-electron chi connectivity index (χ0n) is 14.5. The van der Waals surface area contributed by atoms with E-state index in [0.29, 0.717) is 5.69 Å². The fourth-order valence-corrected chi connectivity index (χ4v) is 3.92. The maximum atomic E-state index is 12.8. The Hall–Kier alpha value is -2.30. The molecule has 0 aromatic heterocycles. The second kappa shape index (κ2) is 8.59. The van der Waals surface area contributed by atoms with Gasteiger partial charge < -0.3 is 5.32 Å². The second-order valence-electron chi connectivity index (χ2n) is 5.80. The van der Waals surface area contributed by atoms with Crippen molar-refractivity contribution >= 4 is 31.5 Å². The van der Waals surface area contributed by atoms with E-state index in [1.165, 1.54) is 18.2 Å². The van der Waals surface area contributed by atoms with Gasteiger partial charge in [0.1, 0.15) is 5.82 Å².